The van der Waals surface area contributed by atoms with Gasteiger partial charge in [0.2, 0.25) is 17.7 Å². The maximum atomic E-state index is 15.2. The summed E-state index contributed by atoms with van der Waals surface area (Å²) in [7, 11) is 0. The number of hydrogen-bond acceptors (Lipinski definition) is 5. The predicted molar refractivity (Wildman–Crippen MR) is 142 cm³/mol. The zero-order valence-electron chi connectivity index (χ0n) is 22.6. The van der Waals surface area contributed by atoms with Crippen LogP contribution in [0.4, 0.5) is 19.3 Å². The lowest BCUT2D eigenvalue weighted by atomic mass is 9.96. The summed E-state index contributed by atoms with van der Waals surface area (Å²) >= 11 is 0. The third kappa shape index (κ3) is 5.24. The first-order valence-corrected chi connectivity index (χ1v) is 13.3. The van der Waals surface area contributed by atoms with Crippen molar-refractivity contribution in [1.82, 2.24) is 10.2 Å². The molecule has 2 aromatic carbocycles. The van der Waals surface area contributed by atoms with E-state index < -0.39 is 47.2 Å². The fourth-order valence-electron chi connectivity index (χ4n) is 5.95. The van der Waals surface area contributed by atoms with Gasteiger partial charge in [-0.15, -0.1) is 0 Å². The van der Waals surface area contributed by atoms with E-state index in [1.165, 1.54) is 17.0 Å². The standard InChI is InChI=1S/C29H32F2N4O5/c1-29(2,3)40-28(39)35-18-8-6-17(10-18)25(35)27(38)34-21(26(32)37)12-16-7-9-19(24(31)23(16)30)14-4-5-15-13-22(36)33-20(15)11-14/h4-5,7,9,11,17-18,21,25H,6,8,10,12-13H2,1-3H3,(H2,32,37)(H,33,36)(H,34,38). The lowest BCUT2D eigenvalue weighted by Gasteiger charge is -2.36. The van der Waals surface area contributed by atoms with Crippen LogP contribution in [-0.2, 0) is 32.0 Å². The fraction of sp³-hybridized carbons (Fsp3) is 0.448. The van der Waals surface area contributed by atoms with Gasteiger partial charge in [-0.3, -0.25) is 19.3 Å². The average Bonchev–Trinajstić information content (AvgIpc) is 3.58. The Hall–Kier alpha value is -4.02. The molecule has 1 saturated heterocycles. The van der Waals surface area contributed by atoms with Crippen LogP contribution in [-0.4, -0.2) is 52.4 Å². The number of carbonyl (C=O) groups excluding carboxylic acids is 4. The second-order valence-corrected chi connectivity index (χ2v) is 11.7. The van der Waals surface area contributed by atoms with Gasteiger partial charge in [-0.2, -0.15) is 0 Å². The third-order valence-corrected chi connectivity index (χ3v) is 7.75. The van der Waals surface area contributed by atoms with Gasteiger partial charge in [0.1, 0.15) is 17.7 Å². The maximum Gasteiger partial charge on any atom is 0.411 e. The topological polar surface area (TPSA) is 131 Å². The summed E-state index contributed by atoms with van der Waals surface area (Å²) in [5.74, 6) is -4.07. The quantitative estimate of drug-likeness (QED) is 0.504. The van der Waals surface area contributed by atoms with Crippen molar-refractivity contribution in [3.8, 4) is 11.1 Å². The van der Waals surface area contributed by atoms with Crippen molar-refractivity contribution in [1.29, 1.82) is 0 Å². The van der Waals surface area contributed by atoms with Gasteiger partial charge in [-0.1, -0.05) is 24.3 Å². The van der Waals surface area contributed by atoms with Crippen molar-refractivity contribution in [2.75, 3.05) is 5.32 Å². The van der Waals surface area contributed by atoms with Crippen molar-refractivity contribution in [2.45, 2.75) is 76.6 Å². The van der Waals surface area contributed by atoms with Gasteiger partial charge in [0, 0.05) is 23.7 Å². The van der Waals surface area contributed by atoms with Crippen LogP contribution in [0.2, 0.25) is 0 Å². The van der Waals surface area contributed by atoms with Gasteiger partial charge in [0.15, 0.2) is 11.6 Å². The number of amides is 4. The molecule has 0 spiro atoms. The number of rotatable bonds is 6. The first-order valence-electron chi connectivity index (χ1n) is 13.3. The molecule has 212 valence electrons. The van der Waals surface area contributed by atoms with Gasteiger partial charge in [0.05, 0.1) is 6.42 Å². The number of ether oxygens (including phenoxy) is 1. The highest BCUT2D eigenvalue weighted by Gasteiger charge is 2.52. The molecule has 0 aromatic heterocycles. The van der Waals surface area contributed by atoms with Gasteiger partial charge in [0.25, 0.3) is 0 Å². The lowest BCUT2D eigenvalue weighted by Crippen LogP contribution is -2.57. The van der Waals surface area contributed by atoms with Gasteiger partial charge in [-0.25, -0.2) is 13.6 Å². The molecule has 4 N–H and O–H groups in total. The minimum absolute atomic E-state index is 0.0140. The predicted octanol–water partition coefficient (Wildman–Crippen LogP) is 3.43. The van der Waals surface area contributed by atoms with E-state index in [2.05, 4.69) is 10.6 Å². The van der Waals surface area contributed by atoms with Crippen LogP contribution >= 0.6 is 0 Å². The van der Waals surface area contributed by atoms with Crippen molar-refractivity contribution < 1.29 is 32.7 Å². The lowest BCUT2D eigenvalue weighted by molar-refractivity contribution is -0.132. The number of hydrogen-bond donors (Lipinski definition) is 3. The largest absolute Gasteiger partial charge is 0.444 e. The summed E-state index contributed by atoms with van der Waals surface area (Å²) in [5, 5.41) is 5.26. The van der Waals surface area contributed by atoms with Crippen LogP contribution in [0, 0.1) is 17.6 Å². The second-order valence-electron chi connectivity index (χ2n) is 11.7. The number of nitrogens with one attached hydrogen (secondary N) is 2. The molecule has 2 bridgehead atoms. The Balaban J connectivity index is 1.33. The minimum Gasteiger partial charge on any atom is -0.444 e. The van der Waals surface area contributed by atoms with Crippen molar-refractivity contribution in [3.05, 3.63) is 53.1 Å². The molecule has 1 saturated carbocycles. The molecule has 3 aliphatic rings. The van der Waals surface area contributed by atoms with Crippen LogP contribution in [0.25, 0.3) is 11.1 Å². The smallest absolute Gasteiger partial charge is 0.411 e. The molecule has 5 rings (SSSR count). The van der Waals surface area contributed by atoms with Crippen molar-refractivity contribution >= 4 is 29.5 Å². The third-order valence-electron chi connectivity index (χ3n) is 7.75. The molecule has 4 amide bonds. The maximum absolute atomic E-state index is 15.2. The normalized spacial score (nSPS) is 22.1. The number of fused-ring (bicyclic) bond motifs is 3. The zero-order chi connectivity index (χ0) is 28.9. The highest BCUT2D eigenvalue weighted by Crippen LogP contribution is 2.43. The molecule has 4 atom stereocenters. The number of primary amides is 1. The highest BCUT2D eigenvalue weighted by molar-refractivity contribution is 6.00. The van der Waals surface area contributed by atoms with E-state index in [1.54, 1.807) is 39.0 Å². The molecule has 2 fully saturated rings. The van der Waals surface area contributed by atoms with Crippen molar-refractivity contribution in [2.24, 2.45) is 11.7 Å². The Morgan fingerprint density at radius 2 is 1.90 bits per heavy atom. The number of anilines is 1. The summed E-state index contributed by atoms with van der Waals surface area (Å²) in [6.45, 7) is 5.20. The number of benzene rings is 2. The molecule has 1 aliphatic carbocycles. The second kappa shape index (κ2) is 10.2. The number of carbonyl (C=O) groups is 4. The molecule has 0 radical (unpaired) electrons. The Labute approximate surface area is 230 Å². The van der Waals surface area contributed by atoms with Crippen LogP contribution < -0.4 is 16.4 Å². The summed E-state index contributed by atoms with van der Waals surface area (Å²) < 4.78 is 35.9. The van der Waals surface area contributed by atoms with Gasteiger partial charge in [-0.05, 0) is 68.7 Å². The summed E-state index contributed by atoms with van der Waals surface area (Å²) in [6, 6.07) is 5.27. The summed E-state index contributed by atoms with van der Waals surface area (Å²) in [6.07, 6.45) is 1.38. The Morgan fingerprint density at radius 3 is 2.60 bits per heavy atom. The Kier molecular flexibility index (Phi) is 7.01. The molecule has 2 aliphatic heterocycles. The number of nitrogens with two attached hydrogens (primary N) is 1. The summed E-state index contributed by atoms with van der Waals surface area (Å²) in [4.78, 5) is 51.6. The number of halogens is 2. The molecule has 11 heteroatoms. The molecule has 40 heavy (non-hydrogen) atoms. The van der Waals surface area contributed by atoms with Crippen LogP contribution in [0.15, 0.2) is 30.3 Å². The fourth-order valence-corrected chi connectivity index (χ4v) is 5.95. The SMILES string of the molecule is CC(C)(C)OC(=O)N1C2CCC(C2)C1C(=O)NC(Cc1ccc(-c2ccc3c(c2)NC(=O)C3)c(F)c1F)C(N)=O. The first kappa shape index (κ1) is 27.5. The van der Waals surface area contributed by atoms with E-state index in [0.29, 0.717) is 17.7 Å². The van der Waals surface area contributed by atoms with Crippen LogP contribution in [0.1, 0.15) is 51.2 Å². The minimum atomic E-state index is -1.33. The molecular formula is C29H32F2N4O5. The first-order chi connectivity index (χ1) is 18.8. The Bertz CT molecular complexity index is 1410. The molecule has 9 nitrogen and oxygen atoms in total. The van der Waals surface area contributed by atoms with Gasteiger partial charge >= 0.3 is 6.09 Å². The zero-order valence-corrected chi connectivity index (χ0v) is 22.6. The average molecular weight is 555 g/mol. The van der Waals surface area contributed by atoms with E-state index in [-0.39, 0.29) is 41.8 Å². The van der Waals surface area contributed by atoms with Gasteiger partial charge < -0.3 is 21.1 Å². The van der Waals surface area contributed by atoms with Crippen LogP contribution in [0.3, 0.4) is 0 Å². The van der Waals surface area contributed by atoms with E-state index in [4.69, 9.17) is 10.5 Å². The summed E-state index contributed by atoms with van der Waals surface area (Å²) in [5.41, 5.74) is 6.33. The van der Waals surface area contributed by atoms with Crippen LogP contribution in [0.5, 0.6) is 0 Å². The number of nitrogens with zero attached hydrogens (tertiary/aromatic N) is 1. The molecule has 2 heterocycles. The van der Waals surface area contributed by atoms with E-state index >= 15 is 8.78 Å². The number of piperidine rings is 1. The number of likely N-dealkylation sites (tertiary alicyclic amines) is 1. The Morgan fingerprint density at radius 1 is 1.15 bits per heavy atom. The van der Waals surface area contributed by atoms with E-state index in [0.717, 1.165) is 18.4 Å². The van der Waals surface area contributed by atoms with Crippen molar-refractivity contribution in [3.63, 3.8) is 0 Å². The monoisotopic (exact) mass is 554 g/mol. The van der Waals surface area contributed by atoms with E-state index in [9.17, 15) is 19.2 Å². The molecular weight excluding hydrogens is 522 g/mol. The highest BCUT2D eigenvalue weighted by atomic mass is 19.2. The molecule has 4 unspecified atom stereocenters. The molecule has 2 aromatic rings. The van der Waals surface area contributed by atoms with E-state index in [1.807, 2.05) is 0 Å².